The molecular formula is C7H6BF4N3O3. The smallest absolute Gasteiger partial charge is 0.496 e. The number of rotatable bonds is 2. The fraction of sp³-hybridized carbons (Fsp3) is 0.143. The van der Waals surface area contributed by atoms with E-state index in [0.717, 1.165) is 0 Å². The molecule has 0 aliphatic rings. The molecule has 0 saturated carbocycles. The molecule has 0 fully saturated rings. The Morgan fingerprint density at radius 2 is 1.89 bits per heavy atom. The maximum absolute atomic E-state index is 10.4. The normalized spacial score (nSPS) is 9.78. The van der Waals surface area contributed by atoms with Crippen LogP contribution in [0.2, 0.25) is 0 Å². The van der Waals surface area contributed by atoms with E-state index in [-0.39, 0.29) is 11.4 Å². The molecule has 0 atom stereocenters. The van der Waals surface area contributed by atoms with Gasteiger partial charge in [0.25, 0.3) is 0 Å². The highest BCUT2D eigenvalue weighted by Crippen LogP contribution is 2.30. The predicted molar refractivity (Wildman–Crippen MR) is 54.6 cm³/mol. The second-order valence-corrected chi connectivity index (χ2v) is 2.71. The summed E-state index contributed by atoms with van der Waals surface area (Å²) in [6.07, 6.45) is 0. The fourth-order valence-corrected chi connectivity index (χ4v) is 0.861. The van der Waals surface area contributed by atoms with Gasteiger partial charge in [0.2, 0.25) is 5.39 Å². The quantitative estimate of drug-likeness (QED) is 0.270. The molecule has 0 saturated heterocycles. The summed E-state index contributed by atoms with van der Waals surface area (Å²) >= 11 is 0. The van der Waals surface area contributed by atoms with E-state index < -0.39 is 12.2 Å². The first-order valence-corrected chi connectivity index (χ1v) is 4.24. The molecule has 0 heterocycles. The number of hydrogen-bond acceptors (Lipinski definition) is 4. The lowest BCUT2D eigenvalue weighted by Gasteiger charge is -1.95. The maximum atomic E-state index is 10.4. The molecule has 1 rings (SSSR count). The molecule has 11 heteroatoms. The second-order valence-electron chi connectivity index (χ2n) is 2.71. The van der Waals surface area contributed by atoms with E-state index in [1.54, 1.807) is 0 Å². The first kappa shape index (κ1) is 15.6. The van der Waals surface area contributed by atoms with Crippen LogP contribution in [0.4, 0.5) is 28.6 Å². The largest absolute Gasteiger partial charge is 0.673 e. The molecule has 0 aliphatic heterocycles. The van der Waals surface area contributed by atoms with Crippen LogP contribution < -0.4 is 4.74 Å². The van der Waals surface area contributed by atoms with Crippen LogP contribution >= 0.6 is 0 Å². The summed E-state index contributed by atoms with van der Waals surface area (Å²) in [4.78, 5) is 12.6. The molecule has 98 valence electrons. The first-order valence-electron chi connectivity index (χ1n) is 4.24. The van der Waals surface area contributed by atoms with Crippen molar-refractivity contribution < 1.29 is 26.9 Å². The van der Waals surface area contributed by atoms with Crippen molar-refractivity contribution in [2.24, 2.45) is 0 Å². The summed E-state index contributed by atoms with van der Waals surface area (Å²) in [7, 11) is -4.60. The molecule has 0 spiro atoms. The van der Waals surface area contributed by atoms with E-state index in [1.807, 2.05) is 0 Å². The zero-order valence-electron chi connectivity index (χ0n) is 8.89. The molecule has 0 aromatic heterocycles. The van der Waals surface area contributed by atoms with Crippen molar-refractivity contribution >= 4 is 18.6 Å². The minimum Gasteiger partial charge on any atom is -0.496 e. The summed E-state index contributed by atoms with van der Waals surface area (Å²) in [6, 6.07) is 3.97. The predicted octanol–water partition coefficient (Wildman–Crippen LogP) is 3.39. The minimum absolute atomic E-state index is 0.0919. The fourth-order valence-electron chi connectivity index (χ4n) is 0.861. The van der Waals surface area contributed by atoms with Gasteiger partial charge in [0, 0.05) is 6.07 Å². The van der Waals surface area contributed by atoms with Crippen molar-refractivity contribution in [1.82, 2.24) is 0 Å². The van der Waals surface area contributed by atoms with Crippen LogP contribution in [-0.4, -0.2) is 19.3 Å². The summed E-state index contributed by atoms with van der Waals surface area (Å²) in [5.74, 6) is 0.346. The molecular weight excluding hydrogens is 261 g/mol. The number of halogens is 4. The van der Waals surface area contributed by atoms with Gasteiger partial charge < -0.3 is 22.0 Å². The van der Waals surface area contributed by atoms with E-state index in [4.69, 9.17) is 10.1 Å². The number of ether oxygens (including phenoxy) is 1. The molecule has 0 aliphatic carbocycles. The average molecular weight is 267 g/mol. The SMILES string of the molecule is COc1ccc([N+]#N)c([N+](=O)[O-])c1.F[B-](F)(F)F. The van der Waals surface area contributed by atoms with Gasteiger partial charge in [-0.05, 0) is 6.07 Å². The maximum Gasteiger partial charge on any atom is 0.673 e. The Kier molecular flexibility index (Phi) is 5.54. The molecule has 0 N–H and O–H groups in total. The lowest BCUT2D eigenvalue weighted by molar-refractivity contribution is -0.383. The van der Waals surface area contributed by atoms with Gasteiger partial charge in [-0.1, -0.05) is 0 Å². The molecule has 6 nitrogen and oxygen atoms in total. The number of methoxy groups -OCH3 is 1. The monoisotopic (exact) mass is 267 g/mol. The number of nitrogens with zero attached hydrogens (tertiary/aromatic N) is 3. The second kappa shape index (κ2) is 6.38. The van der Waals surface area contributed by atoms with Crippen LogP contribution in [0.3, 0.4) is 0 Å². The Labute approximate surface area is 98.0 Å². The van der Waals surface area contributed by atoms with Crippen LogP contribution in [0.25, 0.3) is 4.98 Å². The van der Waals surface area contributed by atoms with Crippen molar-refractivity contribution in [2.45, 2.75) is 0 Å². The van der Waals surface area contributed by atoms with Crippen LogP contribution in [0.15, 0.2) is 18.2 Å². The van der Waals surface area contributed by atoms with Crippen molar-refractivity contribution in [2.75, 3.05) is 7.11 Å². The Morgan fingerprint density at radius 3 is 2.22 bits per heavy atom. The highest BCUT2D eigenvalue weighted by molar-refractivity contribution is 6.50. The van der Waals surface area contributed by atoms with Crippen LogP contribution in [0, 0.1) is 15.5 Å². The van der Waals surface area contributed by atoms with E-state index in [1.165, 1.54) is 25.3 Å². The molecule has 0 radical (unpaired) electrons. The van der Waals surface area contributed by atoms with E-state index in [0.29, 0.717) is 5.75 Å². The zero-order valence-corrected chi connectivity index (χ0v) is 8.89. The van der Waals surface area contributed by atoms with E-state index >= 15 is 0 Å². The van der Waals surface area contributed by atoms with Gasteiger partial charge in [-0.3, -0.25) is 10.1 Å². The molecule has 1 aromatic rings. The average Bonchev–Trinajstić information content (AvgIpc) is 2.25. The first-order chi connectivity index (χ1) is 8.19. The Bertz CT molecular complexity index is 468. The number of hydrogen-bond donors (Lipinski definition) is 0. The third kappa shape index (κ3) is 6.26. The van der Waals surface area contributed by atoms with Gasteiger partial charge >= 0.3 is 18.6 Å². The van der Waals surface area contributed by atoms with E-state index in [2.05, 4.69) is 4.98 Å². The van der Waals surface area contributed by atoms with Crippen LogP contribution in [0.5, 0.6) is 5.75 Å². The number of diazo groups is 1. The van der Waals surface area contributed by atoms with Gasteiger partial charge in [0.05, 0.1) is 18.1 Å². The Hall–Kier alpha value is -2.38. The van der Waals surface area contributed by atoms with E-state index in [9.17, 15) is 27.4 Å². The lowest BCUT2D eigenvalue weighted by atomic mass is 10.2. The van der Waals surface area contributed by atoms with Gasteiger partial charge in [0.15, 0.2) is 4.98 Å². The summed E-state index contributed by atoms with van der Waals surface area (Å²) in [5.41, 5.74) is -0.382. The number of nitro benzene ring substituents is 1. The third-order valence-corrected chi connectivity index (χ3v) is 1.49. The van der Waals surface area contributed by atoms with Gasteiger partial charge in [0.1, 0.15) is 5.75 Å². The van der Waals surface area contributed by atoms with Gasteiger partial charge in [-0.25, -0.2) is 0 Å². The Morgan fingerprint density at radius 1 is 1.39 bits per heavy atom. The standard InChI is InChI=1S/C7H6N3O3.BF4/c1-13-5-2-3-6(9-8)7(4-5)10(11)12;2-1(3,4)5/h2-4H,1H3;/q+1;-1. The van der Waals surface area contributed by atoms with Crippen molar-refractivity contribution in [1.29, 1.82) is 5.39 Å². The number of nitro groups is 1. The van der Waals surface area contributed by atoms with Gasteiger partial charge in [-0.15, -0.1) is 0 Å². The Balaban J connectivity index is 0.000000494. The zero-order chi connectivity index (χ0) is 14.3. The minimum atomic E-state index is -6.00. The lowest BCUT2D eigenvalue weighted by Crippen LogP contribution is -2.02. The topological polar surface area (TPSA) is 80.5 Å². The molecule has 18 heavy (non-hydrogen) atoms. The van der Waals surface area contributed by atoms with Crippen molar-refractivity contribution in [3.8, 4) is 5.75 Å². The molecule has 0 unspecified atom stereocenters. The highest BCUT2D eigenvalue weighted by Gasteiger charge is 2.24. The third-order valence-electron chi connectivity index (χ3n) is 1.49. The van der Waals surface area contributed by atoms with Crippen LogP contribution in [0.1, 0.15) is 0 Å². The van der Waals surface area contributed by atoms with Crippen molar-refractivity contribution in [3.63, 3.8) is 0 Å². The molecule has 1 aromatic carbocycles. The number of benzene rings is 1. The highest BCUT2D eigenvalue weighted by atomic mass is 19.5. The van der Waals surface area contributed by atoms with Gasteiger partial charge in [-0.2, -0.15) is 0 Å². The van der Waals surface area contributed by atoms with Crippen molar-refractivity contribution in [3.05, 3.63) is 33.3 Å². The summed E-state index contributed by atoms with van der Waals surface area (Å²) in [6.45, 7) is 0. The molecule has 0 amide bonds. The summed E-state index contributed by atoms with van der Waals surface area (Å²) < 4.78 is 43.8. The summed E-state index contributed by atoms with van der Waals surface area (Å²) in [5, 5.41) is 18.8. The molecule has 0 bridgehead atoms. The van der Waals surface area contributed by atoms with Crippen LogP contribution in [-0.2, 0) is 0 Å².